The van der Waals surface area contributed by atoms with E-state index >= 15 is 0 Å². The van der Waals surface area contributed by atoms with E-state index in [1.165, 1.54) is 57.8 Å². The largest absolute Gasteiger partial charge is 0.493 e. The lowest BCUT2D eigenvalue weighted by atomic mass is 10.1. The first-order chi connectivity index (χ1) is 10.2. The van der Waals surface area contributed by atoms with Crippen LogP contribution in [-0.4, -0.2) is 24.8 Å². The van der Waals surface area contributed by atoms with E-state index in [0.717, 1.165) is 6.42 Å². The zero-order valence-electron chi connectivity index (χ0n) is 13.1. The lowest BCUT2D eigenvalue weighted by Gasteiger charge is -2.11. The van der Waals surface area contributed by atoms with Crippen LogP contribution in [0.5, 0.6) is 11.5 Å². The summed E-state index contributed by atoms with van der Waals surface area (Å²) in [5, 5.41) is 8.93. The summed E-state index contributed by atoms with van der Waals surface area (Å²) in [6.45, 7) is 2.85. The van der Waals surface area contributed by atoms with E-state index in [1.807, 2.05) is 0 Å². The minimum Gasteiger partial charge on any atom is -0.493 e. The molecule has 1 N–H and O–H groups in total. The summed E-state index contributed by atoms with van der Waals surface area (Å²) in [4.78, 5) is 10.9. The van der Waals surface area contributed by atoms with E-state index < -0.39 is 5.97 Å². The third kappa shape index (κ3) is 6.52. The second-order valence-corrected chi connectivity index (χ2v) is 5.14. The van der Waals surface area contributed by atoms with Crippen LogP contribution in [0.15, 0.2) is 18.2 Å². The van der Waals surface area contributed by atoms with E-state index in [9.17, 15) is 4.79 Å². The number of benzene rings is 1. The second kappa shape index (κ2) is 10.1. The van der Waals surface area contributed by atoms with E-state index in [1.54, 1.807) is 6.07 Å². The number of carboxylic acids is 1. The lowest BCUT2D eigenvalue weighted by molar-refractivity contribution is 0.0696. The van der Waals surface area contributed by atoms with Gasteiger partial charge in [-0.05, 0) is 24.6 Å². The molecule has 0 fully saturated rings. The van der Waals surface area contributed by atoms with Crippen molar-refractivity contribution in [1.29, 1.82) is 0 Å². The van der Waals surface area contributed by atoms with E-state index in [2.05, 4.69) is 6.92 Å². The quantitative estimate of drug-likeness (QED) is 0.609. The molecule has 0 saturated heterocycles. The van der Waals surface area contributed by atoms with Crippen LogP contribution in [0.25, 0.3) is 0 Å². The maximum Gasteiger partial charge on any atom is 0.335 e. The molecule has 118 valence electrons. The van der Waals surface area contributed by atoms with Crippen LogP contribution in [0.4, 0.5) is 0 Å². The Bertz CT molecular complexity index is 429. The third-order valence-corrected chi connectivity index (χ3v) is 3.42. The number of aromatic carboxylic acids is 1. The van der Waals surface area contributed by atoms with Gasteiger partial charge in [0.15, 0.2) is 11.5 Å². The Morgan fingerprint density at radius 3 is 2.33 bits per heavy atom. The van der Waals surface area contributed by atoms with Gasteiger partial charge in [-0.15, -0.1) is 0 Å². The predicted octanol–water partition coefficient (Wildman–Crippen LogP) is 4.52. The van der Waals surface area contributed by atoms with E-state index in [0.29, 0.717) is 18.1 Å². The van der Waals surface area contributed by atoms with Crippen molar-refractivity contribution in [3.8, 4) is 11.5 Å². The summed E-state index contributed by atoms with van der Waals surface area (Å²) in [5.74, 6) is 0.109. The zero-order chi connectivity index (χ0) is 15.5. The SMILES string of the molecule is CCCCCCCCCOc1ccc(C(=O)O)cc1OC. The Morgan fingerprint density at radius 2 is 1.71 bits per heavy atom. The van der Waals surface area contributed by atoms with Crippen LogP contribution in [-0.2, 0) is 0 Å². The Morgan fingerprint density at radius 1 is 1.05 bits per heavy atom. The van der Waals surface area contributed by atoms with Crippen LogP contribution in [0, 0.1) is 0 Å². The molecule has 0 bridgehead atoms. The monoisotopic (exact) mass is 294 g/mol. The van der Waals surface area contributed by atoms with Crippen molar-refractivity contribution in [2.24, 2.45) is 0 Å². The molecule has 21 heavy (non-hydrogen) atoms. The topological polar surface area (TPSA) is 55.8 Å². The van der Waals surface area contributed by atoms with Crippen LogP contribution >= 0.6 is 0 Å². The fourth-order valence-electron chi connectivity index (χ4n) is 2.16. The van der Waals surface area contributed by atoms with Gasteiger partial charge in [0.25, 0.3) is 0 Å². The highest BCUT2D eigenvalue weighted by Crippen LogP contribution is 2.28. The molecule has 4 nitrogen and oxygen atoms in total. The Hall–Kier alpha value is -1.71. The number of ether oxygens (including phenoxy) is 2. The van der Waals surface area contributed by atoms with Crippen LogP contribution in [0.1, 0.15) is 62.2 Å². The van der Waals surface area contributed by atoms with Gasteiger partial charge in [0, 0.05) is 0 Å². The molecule has 0 radical (unpaired) electrons. The first-order valence-corrected chi connectivity index (χ1v) is 7.73. The minimum absolute atomic E-state index is 0.204. The summed E-state index contributed by atoms with van der Waals surface area (Å²) in [5.41, 5.74) is 0.204. The maximum atomic E-state index is 10.9. The smallest absolute Gasteiger partial charge is 0.335 e. The van der Waals surface area contributed by atoms with Crippen molar-refractivity contribution in [2.75, 3.05) is 13.7 Å². The average Bonchev–Trinajstić information content (AvgIpc) is 2.49. The van der Waals surface area contributed by atoms with Gasteiger partial charge in [-0.1, -0.05) is 45.4 Å². The van der Waals surface area contributed by atoms with Crippen molar-refractivity contribution < 1.29 is 19.4 Å². The van der Waals surface area contributed by atoms with Crippen LogP contribution in [0.3, 0.4) is 0 Å². The lowest BCUT2D eigenvalue weighted by Crippen LogP contribution is -2.02. The molecule has 0 aromatic heterocycles. The summed E-state index contributed by atoms with van der Waals surface area (Å²) in [6.07, 6.45) is 8.64. The molecule has 0 aliphatic heterocycles. The first-order valence-electron chi connectivity index (χ1n) is 7.73. The first kappa shape index (κ1) is 17.3. The van der Waals surface area contributed by atoms with Gasteiger partial charge in [-0.25, -0.2) is 4.79 Å². The molecule has 0 spiro atoms. The van der Waals surface area contributed by atoms with Crippen molar-refractivity contribution in [3.05, 3.63) is 23.8 Å². The normalized spacial score (nSPS) is 10.4. The van der Waals surface area contributed by atoms with E-state index in [-0.39, 0.29) is 5.56 Å². The fraction of sp³-hybridized carbons (Fsp3) is 0.588. The number of unbranched alkanes of at least 4 members (excludes halogenated alkanes) is 6. The fourth-order valence-corrected chi connectivity index (χ4v) is 2.16. The molecule has 4 heteroatoms. The highest BCUT2D eigenvalue weighted by Gasteiger charge is 2.09. The summed E-state index contributed by atoms with van der Waals surface area (Å²) < 4.78 is 10.8. The average molecular weight is 294 g/mol. The Labute approximate surface area is 127 Å². The standard InChI is InChI=1S/C17H26O4/c1-3-4-5-6-7-8-9-12-21-15-11-10-14(17(18)19)13-16(15)20-2/h10-11,13H,3-9,12H2,1-2H3,(H,18,19). The van der Waals surface area contributed by atoms with Crippen molar-refractivity contribution in [1.82, 2.24) is 0 Å². The molecule has 1 rings (SSSR count). The zero-order valence-corrected chi connectivity index (χ0v) is 13.1. The van der Waals surface area contributed by atoms with Gasteiger partial charge in [0.1, 0.15) is 0 Å². The number of rotatable bonds is 11. The predicted molar refractivity (Wildman–Crippen MR) is 83.4 cm³/mol. The van der Waals surface area contributed by atoms with Crippen molar-refractivity contribution >= 4 is 5.97 Å². The number of hydrogen-bond donors (Lipinski definition) is 1. The highest BCUT2D eigenvalue weighted by atomic mass is 16.5. The number of methoxy groups -OCH3 is 1. The molecule has 0 atom stereocenters. The second-order valence-electron chi connectivity index (χ2n) is 5.14. The van der Waals surface area contributed by atoms with E-state index in [4.69, 9.17) is 14.6 Å². The molecule has 0 aliphatic rings. The number of carbonyl (C=O) groups is 1. The van der Waals surface area contributed by atoms with Crippen LogP contribution in [0.2, 0.25) is 0 Å². The van der Waals surface area contributed by atoms with Crippen molar-refractivity contribution in [3.63, 3.8) is 0 Å². The molecular formula is C17H26O4. The summed E-state index contributed by atoms with van der Waals surface area (Å²) in [7, 11) is 1.52. The summed E-state index contributed by atoms with van der Waals surface area (Å²) >= 11 is 0. The Kier molecular flexibility index (Phi) is 8.32. The minimum atomic E-state index is -0.966. The molecule has 1 aromatic carbocycles. The van der Waals surface area contributed by atoms with Gasteiger partial charge in [-0.2, -0.15) is 0 Å². The third-order valence-electron chi connectivity index (χ3n) is 3.42. The summed E-state index contributed by atoms with van der Waals surface area (Å²) in [6, 6.07) is 4.68. The van der Waals surface area contributed by atoms with Crippen LogP contribution < -0.4 is 9.47 Å². The van der Waals surface area contributed by atoms with Gasteiger partial charge < -0.3 is 14.6 Å². The van der Waals surface area contributed by atoms with Gasteiger partial charge >= 0.3 is 5.97 Å². The van der Waals surface area contributed by atoms with Gasteiger partial charge in [0.2, 0.25) is 0 Å². The number of hydrogen-bond acceptors (Lipinski definition) is 3. The van der Waals surface area contributed by atoms with Gasteiger partial charge in [-0.3, -0.25) is 0 Å². The molecule has 0 heterocycles. The highest BCUT2D eigenvalue weighted by molar-refractivity contribution is 5.88. The molecule has 0 amide bonds. The maximum absolute atomic E-state index is 10.9. The number of carboxylic acid groups (broad SMARTS) is 1. The molecule has 0 saturated carbocycles. The molecule has 0 unspecified atom stereocenters. The Balaban J connectivity index is 2.30. The van der Waals surface area contributed by atoms with Crippen molar-refractivity contribution in [2.45, 2.75) is 51.9 Å². The van der Waals surface area contributed by atoms with Gasteiger partial charge in [0.05, 0.1) is 19.3 Å². The molecule has 0 aliphatic carbocycles. The molecule has 1 aromatic rings. The molecular weight excluding hydrogens is 268 g/mol.